The van der Waals surface area contributed by atoms with Gasteiger partial charge in [-0.1, -0.05) is 264 Å². The molecule has 0 N–H and O–H groups in total. The average molecular weight is 825 g/mol. The summed E-state index contributed by atoms with van der Waals surface area (Å²) in [7, 11) is 0. The van der Waals surface area contributed by atoms with E-state index in [2.05, 4.69) is 163 Å². The normalized spacial score (nSPS) is 13.4. The molecule has 0 nitrogen and oxygen atoms in total. The Morgan fingerprint density at radius 2 is 1.08 bits per heavy atom. The van der Waals surface area contributed by atoms with E-state index in [1.54, 1.807) is 5.57 Å². The molecule has 4 rings (SSSR count). The van der Waals surface area contributed by atoms with E-state index in [1.807, 2.05) is 88.3 Å². The van der Waals surface area contributed by atoms with Crippen molar-refractivity contribution in [2.45, 2.75) is 198 Å². The van der Waals surface area contributed by atoms with Crippen molar-refractivity contribution in [2.24, 2.45) is 17.8 Å². The molecular weight excluding hydrogens is 721 g/mol. The topological polar surface area (TPSA) is 0 Å². The van der Waals surface area contributed by atoms with Crippen LogP contribution in [-0.4, -0.2) is 0 Å². The van der Waals surface area contributed by atoms with Crippen molar-refractivity contribution >= 4 is 22.3 Å². The van der Waals surface area contributed by atoms with Crippen LogP contribution >= 0.6 is 0 Å². The van der Waals surface area contributed by atoms with E-state index in [4.69, 9.17) is 0 Å². The molecule has 3 aromatic rings. The third kappa shape index (κ3) is 29.6. The van der Waals surface area contributed by atoms with Crippen LogP contribution in [0.25, 0.3) is 22.3 Å². The van der Waals surface area contributed by atoms with E-state index in [1.165, 1.54) is 76.6 Å². The molecule has 2 unspecified atom stereocenters. The average Bonchev–Trinajstić information content (AvgIpc) is 3.26. The van der Waals surface area contributed by atoms with Gasteiger partial charge in [0.15, 0.2) is 0 Å². The van der Waals surface area contributed by atoms with Crippen molar-refractivity contribution in [1.29, 1.82) is 0 Å². The third-order valence-electron chi connectivity index (χ3n) is 9.62. The number of hydrogen-bond acceptors (Lipinski definition) is 0. The summed E-state index contributed by atoms with van der Waals surface area (Å²) in [6, 6.07) is 23.6. The standard InChI is InChI=1S/C19H26.C12H14.C11H14.C6H14.C3H8.4C2H6.CH4/c1-5-7-18-15(4)19(13-12-16(18)6-2)17-10-8-14(3)9-11-17;1-9(2)11-7-5-6-8-12(11)10(3)4;1-8(2)11-6-5-9(3)10(4)7-11;1-4-6(3)5-2;1-3-2;4*1-2;/h7-11,13,15-16H,5-6,12H2,1-4H3;5-8H,1,3H2,2,4H3;5-7H,1H2,2-4H3;6H,4-5H2,1-3H3;3H2,1-2H3;4*1-2H3;1H4/b18-7-;;;;;;;;;. The van der Waals surface area contributed by atoms with Crippen molar-refractivity contribution in [3.05, 3.63) is 143 Å². The molecule has 344 valence electrons. The SMILES string of the molecule is C.C=C(C)c1ccc(C)c(C)c1.C=C(C)c1ccccc1C(=C)C.CC.CC.CC.CC.CC/C=C1\C(CC)CC=C(c2ccc(C)cc2)C1C.CCC.CCC(C)CC. The minimum Gasteiger partial charge on any atom is -0.0955 e. The van der Waals surface area contributed by atoms with Crippen LogP contribution in [0.15, 0.2) is 104 Å². The van der Waals surface area contributed by atoms with Crippen LogP contribution in [0.1, 0.15) is 216 Å². The van der Waals surface area contributed by atoms with Gasteiger partial charge >= 0.3 is 0 Å². The van der Waals surface area contributed by atoms with Crippen molar-refractivity contribution in [3.8, 4) is 0 Å². The van der Waals surface area contributed by atoms with Crippen LogP contribution in [-0.2, 0) is 0 Å². The molecule has 0 aliphatic heterocycles. The molecule has 0 aromatic heterocycles. The van der Waals surface area contributed by atoms with Crippen LogP contribution in [0.3, 0.4) is 0 Å². The predicted octanol–water partition coefficient (Wildman–Crippen LogP) is 21.5. The highest BCUT2D eigenvalue weighted by atomic mass is 14.3. The molecular formula is C60H104. The number of allylic oxidation sites excluding steroid dienone is 7. The molecule has 0 saturated heterocycles. The Kier molecular flexibility index (Phi) is 51.0. The van der Waals surface area contributed by atoms with Crippen LogP contribution in [0.4, 0.5) is 0 Å². The Hall–Kier alpha value is -3.64. The fourth-order valence-corrected chi connectivity index (χ4v) is 5.73. The zero-order valence-corrected chi connectivity index (χ0v) is 43.6. The monoisotopic (exact) mass is 825 g/mol. The van der Waals surface area contributed by atoms with E-state index in [0.717, 1.165) is 35.0 Å². The third-order valence-corrected chi connectivity index (χ3v) is 9.62. The first-order valence-corrected chi connectivity index (χ1v) is 23.7. The van der Waals surface area contributed by atoms with Crippen molar-refractivity contribution in [3.63, 3.8) is 0 Å². The van der Waals surface area contributed by atoms with Gasteiger partial charge in [0.1, 0.15) is 0 Å². The largest absolute Gasteiger partial charge is 0.0955 e. The lowest BCUT2D eigenvalue weighted by molar-refractivity contribution is 0.535. The highest BCUT2D eigenvalue weighted by molar-refractivity contribution is 5.76. The van der Waals surface area contributed by atoms with Crippen LogP contribution < -0.4 is 0 Å². The van der Waals surface area contributed by atoms with Crippen molar-refractivity contribution in [2.75, 3.05) is 0 Å². The lowest BCUT2D eigenvalue weighted by atomic mass is 9.74. The Morgan fingerprint density at radius 1 is 0.650 bits per heavy atom. The van der Waals surface area contributed by atoms with Crippen molar-refractivity contribution in [1.82, 2.24) is 0 Å². The van der Waals surface area contributed by atoms with Crippen LogP contribution in [0.2, 0.25) is 0 Å². The van der Waals surface area contributed by atoms with E-state index in [9.17, 15) is 0 Å². The summed E-state index contributed by atoms with van der Waals surface area (Å²) in [6.07, 6.45) is 12.4. The number of hydrogen-bond donors (Lipinski definition) is 0. The fraction of sp³-hybridized carbons (Fsp3) is 0.533. The molecule has 0 saturated carbocycles. The Labute approximate surface area is 379 Å². The van der Waals surface area contributed by atoms with Gasteiger partial charge in [-0.25, -0.2) is 0 Å². The zero-order valence-electron chi connectivity index (χ0n) is 43.6. The first-order valence-electron chi connectivity index (χ1n) is 23.7. The second-order valence-corrected chi connectivity index (χ2v) is 14.5. The Morgan fingerprint density at radius 3 is 1.40 bits per heavy atom. The zero-order chi connectivity index (χ0) is 47.1. The predicted molar refractivity (Wildman–Crippen MR) is 289 cm³/mol. The molecule has 0 amide bonds. The second kappa shape index (κ2) is 44.9. The molecule has 1 aliphatic rings. The molecule has 0 fully saturated rings. The lowest BCUT2D eigenvalue weighted by Gasteiger charge is -2.31. The Balaban J connectivity index is -0.000000156. The van der Waals surface area contributed by atoms with Gasteiger partial charge in [-0.05, 0) is 112 Å². The summed E-state index contributed by atoms with van der Waals surface area (Å²) in [5, 5.41) is 0. The van der Waals surface area contributed by atoms with Crippen LogP contribution in [0, 0.1) is 38.5 Å². The molecule has 0 heterocycles. The summed E-state index contributed by atoms with van der Waals surface area (Å²) in [5.74, 6) is 2.26. The van der Waals surface area contributed by atoms with Gasteiger partial charge in [0.25, 0.3) is 0 Å². The summed E-state index contributed by atoms with van der Waals surface area (Å²) < 4.78 is 0. The number of aryl methyl sites for hydroxylation is 3. The molecule has 0 radical (unpaired) electrons. The number of benzene rings is 3. The fourth-order valence-electron chi connectivity index (χ4n) is 5.73. The Bertz CT molecular complexity index is 1480. The van der Waals surface area contributed by atoms with E-state index < -0.39 is 0 Å². The van der Waals surface area contributed by atoms with Crippen molar-refractivity contribution < 1.29 is 0 Å². The summed E-state index contributed by atoms with van der Waals surface area (Å²) in [4.78, 5) is 0. The summed E-state index contributed by atoms with van der Waals surface area (Å²) in [5.41, 5.74) is 15.5. The molecule has 0 bridgehead atoms. The van der Waals surface area contributed by atoms with Gasteiger partial charge in [-0.2, -0.15) is 0 Å². The van der Waals surface area contributed by atoms with E-state index in [0.29, 0.717) is 5.92 Å². The molecule has 3 aromatic carbocycles. The van der Waals surface area contributed by atoms with Gasteiger partial charge in [0.05, 0.1) is 0 Å². The molecule has 0 spiro atoms. The minimum atomic E-state index is 0. The maximum atomic E-state index is 3.93. The number of rotatable bonds is 8. The van der Waals surface area contributed by atoms with E-state index >= 15 is 0 Å². The summed E-state index contributed by atoms with van der Waals surface area (Å²) >= 11 is 0. The lowest BCUT2D eigenvalue weighted by Crippen LogP contribution is -2.16. The van der Waals surface area contributed by atoms with Gasteiger partial charge in [-0.3, -0.25) is 0 Å². The van der Waals surface area contributed by atoms with Gasteiger partial charge in [-0.15, -0.1) is 0 Å². The van der Waals surface area contributed by atoms with E-state index in [-0.39, 0.29) is 7.43 Å². The smallest absolute Gasteiger partial charge is 0.00254 e. The molecule has 2 atom stereocenters. The van der Waals surface area contributed by atoms with Crippen LogP contribution in [0.5, 0.6) is 0 Å². The highest BCUT2D eigenvalue weighted by Crippen LogP contribution is 2.40. The molecule has 1 aliphatic carbocycles. The molecule has 0 heteroatoms. The first kappa shape index (κ1) is 68.1. The first-order chi connectivity index (χ1) is 28.1. The second-order valence-electron chi connectivity index (χ2n) is 14.5. The maximum Gasteiger partial charge on any atom is 0.00254 e. The van der Waals surface area contributed by atoms with Gasteiger partial charge in [0, 0.05) is 5.92 Å². The van der Waals surface area contributed by atoms with Gasteiger partial charge < -0.3 is 0 Å². The summed E-state index contributed by atoms with van der Waals surface area (Å²) in [6.45, 7) is 58.1. The quantitative estimate of drug-likeness (QED) is 0.199. The minimum absolute atomic E-state index is 0. The molecule has 60 heavy (non-hydrogen) atoms. The highest BCUT2D eigenvalue weighted by Gasteiger charge is 2.25. The van der Waals surface area contributed by atoms with Gasteiger partial charge in [0.2, 0.25) is 0 Å². The maximum absolute atomic E-state index is 3.93.